The fraction of sp³-hybridized carbons (Fsp3) is 0.214. The molecule has 0 bridgehead atoms. The van der Waals surface area contributed by atoms with Crippen molar-refractivity contribution >= 4 is 11.5 Å². The van der Waals surface area contributed by atoms with Gasteiger partial charge in [-0.1, -0.05) is 12.1 Å². The van der Waals surface area contributed by atoms with Crippen molar-refractivity contribution in [2.45, 2.75) is 6.92 Å². The third-order valence-corrected chi connectivity index (χ3v) is 2.60. The van der Waals surface area contributed by atoms with E-state index >= 15 is 0 Å². The van der Waals surface area contributed by atoms with Gasteiger partial charge in [-0.3, -0.25) is 4.79 Å². The molecule has 0 fully saturated rings. The van der Waals surface area contributed by atoms with Crippen LogP contribution in [0.15, 0.2) is 40.8 Å². The zero-order chi connectivity index (χ0) is 12.4. The number of hydrogen-bond acceptors (Lipinski definition) is 3. The quantitative estimate of drug-likeness (QED) is 0.758. The summed E-state index contributed by atoms with van der Waals surface area (Å²) in [5.74, 6) is 1.06. The number of carbonyl (C=O) groups excluding carboxylic acids is 1. The summed E-state index contributed by atoms with van der Waals surface area (Å²) in [5.41, 5.74) is 2.08. The summed E-state index contributed by atoms with van der Waals surface area (Å²) < 4.78 is 5.50. The lowest BCUT2D eigenvalue weighted by Gasteiger charge is -2.12. The fourth-order valence-corrected chi connectivity index (χ4v) is 1.62. The van der Waals surface area contributed by atoms with Gasteiger partial charge in [0, 0.05) is 32.3 Å². The summed E-state index contributed by atoms with van der Waals surface area (Å²) >= 11 is 0. The topological polar surface area (TPSA) is 33.5 Å². The molecule has 17 heavy (non-hydrogen) atoms. The molecular formula is C14H15NO2. The Morgan fingerprint density at radius 2 is 1.94 bits per heavy atom. The summed E-state index contributed by atoms with van der Waals surface area (Å²) in [5, 5.41) is 0. The minimum Gasteiger partial charge on any atom is -0.453 e. The highest BCUT2D eigenvalue weighted by Crippen LogP contribution is 2.25. The van der Waals surface area contributed by atoms with E-state index in [2.05, 4.69) is 0 Å². The maximum Gasteiger partial charge on any atom is 0.194 e. The molecule has 0 radical (unpaired) electrons. The molecule has 0 atom stereocenters. The van der Waals surface area contributed by atoms with Crippen LogP contribution in [-0.2, 0) is 0 Å². The number of rotatable bonds is 3. The molecule has 2 aromatic rings. The maximum atomic E-state index is 11.2. The molecule has 3 heteroatoms. The van der Waals surface area contributed by atoms with Crippen LogP contribution in [0.2, 0.25) is 0 Å². The Morgan fingerprint density at radius 3 is 2.53 bits per heavy atom. The molecule has 0 unspecified atom stereocenters. The lowest BCUT2D eigenvalue weighted by Crippen LogP contribution is -2.08. The Bertz CT molecular complexity index is 541. The van der Waals surface area contributed by atoms with E-state index in [9.17, 15) is 4.79 Å². The number of carbonyl (C=O) groups is 1. The highest BCUT2D eigenvalue weighted by atomic mass is 16.3. The highest BCUT2D eigenvalue weighted by molar-refractivity contribution is 5.91. The predicted molar refractivity (Wildman–Crippen MR) is 68.5 cm³/mol. The van der Waals surface area contributed by atoms with Crippen LogP contribution < -0.4 is 4.90 Å². The van der Waals surface area contributed by atoms with Crippen molar-refractivity contribution in [1.82, 2.24) is 0 Å². The molecule has 88 valence electrons. The molecule has 0 saturated carbocycles. The van der Waals surface area contributed by atoms with Crippen molar-refractivity contribution in [3.8, 4) is 11.3 Å². The molecule has 0 aliphatic heterocycles. The van der Waals surface area contributed by atoms with Gasteiger partial charge < -0.3 is 9.32 Å². The second-order valence-electron chi connectivity index (χ2n) is 4.16. The van der Waals surface area contributed by atoms with Gasteiger partial charge in [-0.25, -0.2) is 0 Å². The van der Waals surface area contributed by atoms with Crippen molar-refractivity contribution in [3.05, 3.63) is 42.2 Å². The van der Waals surface area contributed by atoms with Crippen molar-refractivity contribution in [2.24, 2.45) is 0 Å². The SMILES string of the molecule is CC(=O)c1ccc(-c2cccc(N(C)C)c2)o1. The summed E-state index contributed by atoms with van der Waals surface area (Å²) in [4.78, 5) is 13.2. The van der Waals surface area contributed by atoms with E-state index in [0.717, 1.165) is 17.0 Å². The van der Waals surface area contributed by atoms with Crippen LogP contribution in [0.4, 0.5) is 5.69 Å². The van der Waals surface area contributed by atoms with Crippen molar-refractivity contribution in [3.63, 3.8) is 0 Å². The van der Waals surface area contributed by atoms with Gasteiger partial charge >= 0.3 is 0 Å². The average Bonchev–Trinajstić information content (AvgIpc) is 2.78. The van der Waals surface area contributed by atoms with E-state index in [-0.39, 0.29) is 5.78 Å². The second-order valence-corrected chi connectivity index (χ2v) is 4.16. The van der Waals surface area contributed by atoms with E-state index in [1.165, 1.54) is 6.92 Å². The van der Waals surface area contributed by atoms with E-state index in [1.807, 2.05) is 49.3 Å². The van der Waals surface area contributed by atoms with Crippen LogP contribution in [0.1, 0.15) is 17.5 Å². The first-order valence-corrected chi connectivity index (χ1v) is 5.46. The number of Topliss-reactive ketones (excluding diaryl/α,β-unsaturated/α-hetero) is 1. The van der Waals surface area contributed by atoms with Gasteiger partial charge in [0.15, 0.2) is 11.5 Å². The van der Waals surface area contributed by atoms with Crippen LogP contribution in [0, 0.1) is 0 Å². The van der Waals surface area contributed by atoms with Gasteiger partial charge in [0.2, 0.25) is 0 Å². The zero-order valence-electron chi connectivity index (χ0n) is 10.2. The zero-order valence-corrected chi connectivity index (χ0v) is 10.2. The maximum absolute atomic E-state index is 11.2. The molecule has 3 nitrogen and oxygen atoms in total. The molecule has 1 aromatic heterocycles. The number of anilines is 1. The van der Waals surface area contributed by atoms with Gasteiger partial charge in [-0.2, -0.15) is 0 Å². The monoisotopic (exact) mass is 229 g/mol. The summed E-state index contributed by atoms with van der Waals surface area (Å²) in [6.45, 7) is 1.50. The minimum absolute atomic E-state index is 0.0555. The summed E-state index contributed by atoms with van der Waals surface area (Å²) in [7, 11) is 3.98. The number of benzene rings is 1. The summed E-state index contributed by atoms with van der Waals surface area (Å²) in [6, 6.07) is 11.5. The third-order valence-electron chi connectivity index (χ3n) is 2.60. The number of nitrogens with zero attached hydrogens (tertiary/aromatic N) is 1. The average molecular weight is 229 g/mol. The lowest BCUT2D eigenvalue weighted by atomic mass is 10.1. The van der Waals surface area contributed by atoms with Crippen LogP contribution in [0.3, 0.4) is 0 Å². The highest BCUT2D eigenvalue weighted by Gasteiger charge is 2.08. The molecular weight excluding hydrogens is 214 g/mol. The van der Waals surface area contributed by atoms with Crippen molar-refractivity contribution in [2.75, 3.05) is 19.0 Å². The second kappa shape index (κ2) is 4.45. The molecule has 0 saturated heterocycles. The Balaban J connectivity index is 2.38. The summed E-state index contributed by atoms with van der Waals surface area (Å²) in [6.07, 6.45) is 0. The van der Waals surface area contributed by atoms with Crippen LogP contribution in [0.5, 0.6) is 0 Å². The van der Waals surface area contributed by atoms with Gasteiger partial charge in [0.05, 0.1) is 0 Å². The van der Waals surface area contributed by atoms with E-state index in [4.69, 9.17) is 4.42 Å². The Hall–Kier alpha value is -2.03. The molecule has 2 rings (SSSR count). The fourth-order valence-electron chi connectivity index (χ4n) is 1.62. The molecule has 0 aliphatic rings. The van der Waals surface area contributed by atoms with Gasteiger partial charge in [0.25, 0.3) is 0 Å². The van der Waals surface area contributed by atoms with Crippen LogP contribution in [-0.4, -0.2) is 19.9 Å². The Kier molecular flexibility index (Phi) is 3.00. The number of hydrogen-bond donors (Lipinski definition) is 0. The molecule has 0 aliphatic carbocycles. The first-order chi connectivity index (χ1) is 8.08. The molecule has 1 aromatic carbocycles. The molecule has 1 heterocycles. The van der Waals surface area contributed by atoms with Crippen molar-refractivity contribution < 1.29 is 9.21 Å². The van der Waals surface area contributed by atoms with E-state index in [1.54, 1.807) is 6.07 Å². The number of ketones is 1. The Labute approximate surface area is 101 Å². The smallest absolute Gasteiger partial charge is 0.194 e. The van der Waals surface area contributed by atoms with Crippen LogP contribution >= 0.6 is 0 Å². The largest absolute Gasteiger partial charge is 0.453 e. The predicted octanol–water partition coefficient (Wildman–Crippen LogP) is 3.22. The molecule has 0 spiro atoms. The molecule has 0 N–H and O–H groups in total. The standard InChI is InChI=1S/C14H15NO2/c1-10(16)13-7-8-14(17-13)11-5-4-6-12(9-11)15(2)3/h4-9H,1-3H3. The van der Waals surface area contributed by atoms with E-state index in [0.29, 0.717) is 5.76 Å². The lowest BCUT2D eigenvalue weighted by molar-refractivity contribution is 0.0988. The van der Waals surface area contributed by atoms with Gasteiger partial charge in [0.1, 0.15) is 5.76 Å². The van der Waals surface area contributed by atoms with Gasteiger partial charge in [-0.15, -0.1) is 0 Å². The Morgan fingerprint density at radius 1 is 1.18 bits per heavy atom. The normalized spacial score (nSPS) is 10.3. The van der Waals surface area contributed by atoms with Gasteiger partial charge in [-0.05, 0) is 24.3 Å². The first-order valence-electron chi connectivity index (χ1n) is 5.46. The van der Waals surface area contributed by atoms with Crippen molar-refractivity contribution in [1.29, 1.82) is 0 Å². The third kappa shape index (κ3) is 2.38. The van der Waals surface area contributed by atoms with E-state index < -0.39 is 0 Å². The minimum atomic E-state index is -0.0555. The van der Waals surface area contributed by atoms with Crippen LogP contribution in [0.25, 0.3) is 11.3 Å². The molecule has 0 amide bonds. The number of furan rings is 1. The first kappa shape index (κ1) is 11.5.